The second-order valence-corrected chi connectivity index (χ2v) is 4.64. The minimum Gasteiger partial charge on any atom is -0.371 e. The van der Waals surface area contributed by atoms with E-state index in [4.69, 9.17) is 4.74 Å². The van der Waals surface area contributed by atoms with Crippen molar-refractivity contribution in [1.29, 1.82) is 0 Å². The molecular weight excluding hydrogens is 234 g/mol. The second kappa shape index (κ2) is 11.0. The van der Waals surface area contributed by atoms with Gasteiger partial charge in [-0.3, -0.25) is 0 Å². The zero-order valence-electron chi connectivity index (χ0n) is 13.6. The van der Waals surface area contributed by atoms with Gasteiger partial charge in [-0.25, -0.2) is 0 Å². The maximum Gasteiger partial charge on any atom is 0.0949 e. The van der Waals surface area contributed by atoms with Gasteiger partial charge in [0.25, 0.3) is 0 Å². The first-order valence-electron chi connectivity index (χ1n) is 7.47. The van der Waals surface area contributed by atoms with Crippen LogP contribution in [0.4, 0.5) is 0 Å². The maximum absolute atomic E-state index is 5.80. The maximum atomic E-state index is 5.80. The van der Waals surface area contributed by atoms with E-state index in [1.165, 1.54) is 11.1 Å². The fourth-order valence-corrected chi connectivity index (χ4v) is 1.81. The average molecular weight is 265 g/mol. The predicted octanol–water partition coefficient (Wildman–Crippen LogP) is 4.20. The Morgan fingerprint density at radius 1 is 1.37 bits per heavy atom. The zero-order chi connectivity index (χ0) is 14.7. The fourth-order valence-electron chi connectivity index (χ4n) is 1.81. The van der Waals surface area contributed by atoms with E-state index in [2.05, 4.69) is 57.0 Å². The summed E-state index contributed by atoms with van der Waals surface area (Å²) in [4.78, 5) is 2.32. The van der Waals surface area contributed by atoms with Gasteiger partial charge in [-0.1, -0.05) is 50.6 Å². The first kappa shape index (κ1) is 18.1. The summed E-state index contributed by atoms with van der Waals surface area (Å²) in [5, 5.41) is 0. The topological polar surface area (TPSA) is 12.5 Å². The van der Waals surface area contributed by atoms with E-state index < -0.39 is 0 Å². The number of likely N-dealkylation sites (N-methyl/N-ethyl adjacent to an activating group) is 1. The number of ether oxygens (including phenoxy) is 1. The van der Waals surface area contributed by atoms with Crippen molar-refractivity contribution < 1.29 is 4.74 Å². The molecule has 1 heterocycles. The molecule has 1 aliphatic heterocycles. The van der Waals surface area contributed by atoms with Gasteiger partial charge in [-0.2, -0.15) is 0 Å². The lowest BCUT2D eigenvalue weighted by molar-refractivity contribution is 0.00252. The van der Waals surface area contributed by atoms with Crippen LogP contribution in [0.3, 0.4) is 0 Å². The molecule has 1 unspecified atom stereocenters. The van der Waals surface area contributed by atoms with Crippen LogP contribution in [-0.2, 0) is 4.74 Å². The van der Waals surface area contributed by atoms with Gasteiger partial charge >= 0.3 is 0 Å². The van der Waals surface area contributed by atoms with Crippen molar-refractivity contribution in [2.45, 2.75) is 47.1 Å². The highest BCUT2D eigenvalue weighted by atomic mass is 16.5. The highest BCUT2D eigenvalue weighted by molar-refractivity contribution is 5.27. The summed E-state index contributed by atoms with van der Waals surface area (Å²) in [6, 6.07) is 0. The summed E-state index contributed by atoms with van der Waals surface area (Å²) >= 11 is 0. The minimum absolute atomic E-state index is 0.227. The van der Waals surface area contributed by atoms with Crippen molar-refractivity contribution in [2.75, 3.05) is 26.7 Å². The Bertz CT molecular complexity index is 315. The van der Waals surface area contributed by atoms with Crippen LogP contribution in [0.15, 0.2) is 35.5 Å². The van der Waals surface area contributed by atoms with Gasteiger partial charge in [-0.15, -0.1) is 0 Å². The van der Waals surface area contributed by atoms with E-state index in [1.54, 1.807) is 0 Å². The van der Waals surface area contributed by atoms with E-state index in [1.807, 2.05) is 13.8 Å². The molecular formula is C17H31NO. The molecule has 0 aromatic rings. The van der Waals surface area contributed by atoms with Gasteiger partial charge in [0.05, 0.1) is 12.7 Å². The average Bonchev–Trinajstić information content (AvgIpc) is 2.45. The largest absolute Gasteiger partial charge is 0.371 e. The number of rotatable bonds is 4. The van der Waals surface area contributed by atoms with E-state index in [0.29, 0.717) is 0 Å². The Kier molecular flexibility index (Phi) is 10.5. The Balaban J connectivity index is 0.00000154. The molecule has 2 nitrogen and oxygen atoms in total. The Morgan fingerprint density at radius 2 is 2.05 bits per heavy atom. The van der Waals surface area contributed by atoms with Crippen LogP contribution in [0.2, 0.25) is 0 Å². The summed E-state index contributed by atoms with van der Waals surface area (Å²) in [5.41, 5.74) is 2.68. The normalized spacial score (nSPS) is 22.3. The third-order valence-corrected chi connectivity index (χ3v) is 3.20. The van der Waals surface area contributed by atoms with Gasteiger partial charge in [0.2, 0.25) is 0 Å². The highest BCUT2D eigenvalue weighted by Gasteiger charge is 2.19. The molecule has 0 bridgehead atoms. The number of hydrogen-bond acceptors (Lipinski definition) is 2. The number of allylic oxidation sites excluding steroid dienone is 4. The van der Waals surface area contributed by atoms with Crippen molar-refractivity contribution in [3.63, 3.8) is 0 Å². The lowest BCUT2D eigenvalue weighted by atomic mass is 10.1. The third kappa shape index (κ3) is 7.34. The molecule has 1 saturated heterocycles. The van der Waals surface area contributed by atoms with Crippen molar-refractivity contribution in [2.24, 2.45) is 0 Å². The molecule has 1 rings (SSSR count). The molecule has 0 aromatic heterocycles. The fraction of sp³-hybridized carbons (Fsp3) is 0.647. The van der Waals surface area contributed by atoms with Crippen molar-refractivity contribution in [3.8, 4) is 0 Å². The molecule has 0 radical (unpaired) electrons. The molecule has 2 heteroatoms. The van der Waals surface area contributed by atoms with E-state index >= 15 is 0 Å². The standard InChI is InChI=1S/C15H25NO.C2H6/c1-5-13(3)8-7-9-14(6-2)15-12-16(4)10-11-17-15;1-2/h6-9,15H,5,10-12H2,1-4H3;1-2H3/b9-7-,13-8+,14-6+;. The van der Waals surface area contributed by atoms with Crippen molar-refractivity contribution in [3.05, 3.63) is 35.5 Å². The molecule has 0 spiro atoms. The Morgan fingerprint density at radius 3 is 2.58 bits per heavy atom. The molecule has 1 atom stereocenters. The molecule has 110 valence electrons. The molecule has 0 N–H and O–H groups in total. The lowest BCUT2D eigenvalue weighted by Crippen LogP contribution is -2.40. The summed E-state index contributed by atoms with van der Waals surface area (Å²) in [6.07, 6.45) is 9.96. The van der Waals surface area contributed by atoms with Crippen LogP contribution < -0.4 is 0 Å². The molecule has 0 aliphatic carbocycles. The quantitative estimate of drug-likeness (QED) is 0.706. The van der Waals surface area contributed by atoms with Crippen LogP contribution in [0.5, 0.6) is 0 Å². The number of nitrogens with zero attached hydrogens (tertiary/aromatic N) is 1. The number of morpholine rings is 1. The van der Waals surface area contributed by atoms with Gasteiger partial charge in [0, 0.05) is 13.1 Å². The summed E-state index contributed by atoms with van der Waals surface area (Å²) in [7, 11) is 2.15. The second-order valence-electron chi connectivity index (χ2n) is 4.64. The van der Waals surface area contributed by atoms with Gasteiger partial charge < -0.3 is 9.64 Å². The van der Waals surface area contributed by atoms with Crippen LogP contribution in [-0.4, -0.2) is 37.7 Å². The molecule has 0 aromatic carbocycles. The van der Waals surface area contributed by atoms with Crippen LogP contribution in [0.25, 0.3) is 0 Å². The summed E-state index contributed by atoms with van der Waals surface area (Å²) in [5.74, 6) is 0. The molecule has 1 fully saturated rings. The van der Waals surface area contributed by atoms with Crippen LogP contribution >= 0.6 is 0 Å². The smallest absolute Gasteiger partial charge is 0.0949 e. The molecule has 0 saturated carbocycles. The first-order valence-corrected chi connectivity index (χ1v) is 7.47. The van der Waals surface area contributed by atoms with Gasteiger partial charge in [-0.05, 0) is 32.9 Å². The van der Waals surface area contributed by atoms with E-state index in [-0.39, 0.29) is 6.10 Å². The Hall–Kier alpha value is -0.860. The molecule has 1 aliphatic rings. The van der Waals surface area contributed by atoms with Crippen molar-refractivity contribution in [1.82, 2.24) is 4.90 Å². The third-order valence-electron chi connectivity index (χ3n) is 3.20. The molecule has 0 amide bonds. The number of hydrogen-bond donors (Lipinski definition) is 0. The summed E-state index contributed by atoms with van der Waals surface area (Å²) < 4.78 is 5.80. The minimum atomic E-state index is 0.227. The zero-order valence-corrected chi connectivity index (χ0v) is 13.6. The highest BCUT2D eigenvalue weighted by Crippen LogP contribution is 2.14. The van der Waals surface area contributed by atoms with Gasteiger partial charge in [0.1, 0.15) is 0 Å². The summed E-state index contributed by atoms with van der Waals surface area (Å²) in [6.45, 7) is 13.3. The van der Waals surface area contributed by atoms with Crippen LogP contribution in [0.1, 0.15) is 41.0 Å². The van der Waals surface area contributed by atoms with Gasteiger partial charge in [0.15, 0.2) is 0 Å². The molecule has 19 heavy (non-hydrogen) atoms. The monoisotopic (exact) mass is 265 g/mol. The van der Waals surface area contributed by atoms with E-state index in [9.17, 15) is 0 Å². The van der Waals surface area contributed by atoms with Crippen LogP contribution in [0, 0.1) is 0 Å². The predicted molar refractivity (Wildman–Crippen MR) is 85.5 cm³/mol. The first-order chi connectivity index (χ1) is 9.17. The Labute approximate surface area is 119 Å². The van der Waals surface area contributed by atoms with E-state index in [0.717, 1.165) is 26.1 Å². The van der Waals surface area contributed by atoms with Crippen molar-refractivity contribution >= 4 is 0 Å². The lowest BCUT2D eigenvalue weighted by Gasteiger charge is -2.30. The SMILES string of the molecule is CC.C\C=C(/C=C\C=C(/C)CC)C1CN(C)CCO1.